The predicted molar refractivity (Wildman–Crippen MR) is 147 cm³/mol. The molecule has 2 aliphatic carbocycles. The zero-order valence-corrected chi connectivity index (χ0v) is 23.8. The van der Waals surface area contributed by atoms with Crippen LogP contribution in [0, 0.1) is 35.2 Å². The third-order valence-corrected chi connectivity index (χ3v) is 8.50. The molecule has 2 saturated carbocycles. The van der Waals surface area contributed by atoms with Gasteiger partial charge in [0.15, 0.2) is 11.6 Å². The van der Waals surface area contributed by atoms with Crippen molar-refractivity contribution in [1.29, 1.82) is 0 Å². The van der Waals surface area contributed by atoms with Crippen LogP contribution in [0.5, 0.6) is 11.5 Å². The summed E-state index contributed by atoms with van der Waals surface area (Å²) in [5.41, 5.74) is 1.77. The Morgan fingerprint density at radius 1 is 0.744 bits per heavy atom. The highest BCUT2D eigenvalue weighted by atomic mass is 19.4. The zero-order valence-electron chi connectivity index (χ0n) is 23.8. The Bertz CT molecular complexity index is 1230. The molecule has 0 amide bonds. The van der Waals surface area contributed by atoms with Crippen LogP contribution in [0.3, 0.4) is 0 Å². The quantitative estimate of drug-likeness (QED) is 0.142. The molecule has 0 aromatic heterocycles. The molecule has 4 rings (SSSR count). The van der Waals surface area contributed by atoms with Gasteiger partial charge in [-0.25, -0.2) is 13.2 Å². The molecule has 236 valence electrons. The molecule has 43 heavy (non-hydrogen) atoms. The van der Waals surface area contributed by atoms with Gasteiger partial charge in [-0.15, -0.1) is 19.8 Å². The lowest BCUT2D eigenvalue weighted by Gasteiger charge is -2.33. The van der Waals surface area contributed by atoms with Crippen molar-refractivity contribution in [3.05, 3.63) is 83.7 Å². The Balaban J connectivity index is 1.23. The van der Waals surface area contributed by atoms with E-state index in [4.69, 9.17) is 0 Å². The van der Waals surface area contributed by atoms with Crippen LogP contribution < -0.4 is 9.47 Å². The third-order valence-electron chi connectivity index (χ3n) is 8.50. The molecule has 0 spiro atoms. The fourth-order valence-corrected chi connectivity index (χ4v) is 6.14. The molecule has 0 atom stereocenters. The van der Waals surface area contributed by atoms with Crippen molar-refractivity contribution in [2.45, 2.75) is 89.0 Å². The van der Waals surface area contributed by atoms with Gasteiger partial charge in [0.2, 0.25) is 5.75 Å². The minimum absolute atomic E-state index is 0.101. The number of alkyl halides is 5. The fourth-order valence-electron chi connectivity index (χ4n) is 6.14. The summed E-state index contributed by atoms with van der Waals surface area (Å²) < 4.78 is 117. The van der Waals surface area contributed by atoms with Gasteiger partial charge in [0.05, 0.1) is 5.92 Å². The van der Waals surface area contributed by atoms with Gasteiger partial charge < -0.3 is 9.47 Å². The summed E-state index contributed by atoms with van der Waals surface area (Å²) in [4.78, 5) is 0. The third kappa shape index (κ3) is 9.22. The predicted octanol–water partition coefficient (Wildman–Crippen LogP) is 10.8. The fraction of sp³-hybridized carbons (Fsp3) is 0.515. The van der Waals surface area contributed by atoms with Crippen LogP contribution >= 0.6 is 0 Å². The van der Waals surface area contributed by atoms with Crippen LogP contribution in [-0.2, 0) is 6.42 Å². The van der Waals surface area contributed by atoms with E-state index >= 15 is 0 Å². The lowest BCUT2D eigenvalue weighted by Crippen LogP contribution is -2.37. The van der Waals surface area contributed by atoms with E-state index in [9.17, 15) is 35.1 Å². The van der Waals surface area contributed by atoms with Gasteiger partial charge in [-0.1, -0.05) is 30.4 Å². The minimum Gasteiger partial charge on any atom is -0.432 e. The minimum atomic E-state index is -5.35. The van der Waals surface area contributed by atoms with E-state index in [2.05, 4.69) is 28.2 Å². The molecule has 0 radical (unpaired) electrons. The molecule has 0 heterocycles. The monoisotopic (exact) mass is 616 g/mol. The Hall–Kier alpha value is -3.04. The van der Waals surface area contributed by atoms with Crippen molar-refractivity contribution < 1.29 is 44.6 Å². The second kappa shape index (κ2) is 14.2. The highest BCUT2D eigenvalue weighted by Gasteiger charge is 2.44. The van der Waals surface area contributed by atoms with Gasteiger partial charge >= 0.3 is 12.5 Å². The van der Waals surface area contributed by atoms with Crippen molar-refractivity contribution in [2.24, 2.45) is 17.8 Å². The number of hydrogen-bond acceptors (Lipinski definition) is 2. The number of hydrogen-bond donors (Lipinski definition) is 0. The molecule has 2 aromatic carbocycles. The first-order valence-electron chi connectivity index (χ1n) is 14.7. The molecule has 2 nitrogen and oxygen atoms in total. The van der Waals surface area contributed by atoms with Crippen LogP contribution in [0.2, 0.25) is 0 Å². The molecular formula is C33H36F8O2. The van der Waals surface area contributed by atoms with E-state index in [0.717, 1.165) is 56.1 Å². The Kier molecular flexibility index (Phi) is 10.8. The highest BCUT2D eigenvalue weighted by molar-refractivity contribution is 5.35. The van der Waals surface area contributed by atoms with Crippen molar-refractivity contribution in [1.82, 2.24) is 0 Å². The summed E-state index contributed by atoms with van der Waals surface area (Å²) in [6.45, 7) is 3.71. The maximum atomic E-state index is 14.8. The number of ether oxygens (including phenoxy) is 2. The summed E-state index contributed by atoms with van der Waals surface area (Å²) in [5, 5.41) is 0. The molecule has 10 heteroatoms. The summed E-state index contributed by atoms with van der Waals surface area (Å²) in [6, 6.07) is 6.07. The Labute approximate surface area is 246 Å². The first-order chi connectivity index (χ1) is 20.3. The molecule has 0 N–H and O–H groups in total. The lowest BCUT2D eigenvalue weighted by atomic mass is 9.77. The zero-order chi connectivity index (χ0) is 31.2. The molecule has 0 bridgehead atoms. The molecule has 0 unspecified atom stereocenters. The van der Waals surface area contributed by atoms with Crippen LogP contribution in [0.15, 0.2) is 55.1 Å². The van der Waals surface area contributed by atoms with Crippen molar-refractivity contribution >= 4 is 0 Å². The van der Waals surface area contributed by atoms with E-state index in [1.54, 1.807) is 6.07 Å². The van der Waals surface area contributed by atoms with Gasteiger partial charge in [0.1, 0.15) is 11.6 Å². The van der Waals surface area contributed by atoms with E-state index in [1.165, 1.54) is 0 Å². The van der Waals surface area contributed by atoms with Crippen LogP contribution in [0.4, 0.5) is 35.1 Å². The summed E-state index contributed by atoms with van der Waals surface area (Å²) in [7, 11) is 0. The number of halogens is 8. The van der Waals surface area contributed by atoms with Crippen LogP contribution in [0.1, 0.15) is 81.3 Å². The molecule has 2 aromatic rings. The van der Waals surface area contributed by atoms with Gasteiger partial charge in [0.25, 0.3) is 0 Å². The first-order valence-corrected chi connectivity index (χ1v) is 14.7. The topological polar surface area (TPSA) is 18.5 Å². The standard InChI is InChI=1S/C33H36F8O2/c1-2-3-4-5-23-12-17-27(28(34)18-23)24-13-8-21(9-14-24)6-7-22-10-15-25(16-11-22)32(37,38)42-26-19-29(35)31(30(36)20-26)43-33(39,40)41/h2,6-7,12,17-22,24-25H,1,3-5,8-11,13-16H2/b7-6+. The number of aryl methyl sites for hydroxylation is 1. The first kappa shape index (κ1) is 32.9. The molecular weight excluding hydrogens is 580 g/mol. The van der Waals surface area contributed by atoms with Crippen LogP contribution in [-0.4, -0.2) is 12.5 Å². The molecule has 2 fully saturated rings. The summed E-state index contributed by atoms with van der Waals surface area (Å²) in [6.07, 6.45) is 4.39. The Morgan fingerprint density at radius 3 is 1.86 bits per heavy atom. The molecule has 2 aliphatic rings. The second-order valence-electron chi connectivity index (χ2n) is 11.6. The average molecular weight is 617 g/mol. The van der Waals surface area contributed by atoms with E-state index in [0.29, 0.717) is 18.8 Å². The number of allylic oxidation sites excluding steroid dienone is 3. The Morgan fingerprint density at radius 2 is 1.33 bits per heavy atom. The largest absolute Gasteiger partial charge is 0.573 e. The molecule has 0 aliphatic heterocycles. The SMILES string of the molecule is C=CCCCc1ccc(C2CCC(/C=C/C3CCC(C(F)(F)Oc4cc(F)c(OC(F)(F)F)c(F)c4)CC3)CC2)c(F)c1. The maximum Gasteiger partial charge on any atom is 0.573 e. The molecule has 0 saturated heterocycles. The number of rotatable bonds is 11. The second-order valence-corrected chi connectivity index (χ2v) is 11.6. The van der Waals surface area contributed by atoms with Crippen molar-refractivity contribution in [2.75, 3.05) is 0 Å². The summed E-state index contributed by atoms with van der Waals surface area (Å²) >= 11 is 0. The van der Waals surface area contributed by atoms with E-state index in [1.807, 2.05) is 18.2 Å². The lowest BCUT2D eigenvalue weighted by molar-refractivity contribution is -0.276. The van der Waals surface area contributed by atoms with Gasteiger partial charge in [-0.3, -0.25) is 0 Å². The maximum absolute atomic E-state index is 14.8. The van der Waals surface area contributed by atoms with E-state index in [-0.39, 0.29) is 42.6 Å². The van der Waals surface area contributed by atoms with Gasteiger partial charge in [-0.2, -0.15) is 8.78 Å². The van der Waals surface area contributed by atoms with Crippen molar-refractivity contribution in [3.8, 4) is 11.5 Å². The van der Waals surface area contributed by atoms with E-state index < -0.39 is 41.5 Å². The average Bonchev–Trinajstić information content (AvgIpc) is 2.94. The number of benzene rings is 2. The van der Waals surface area contributed by atoms with Gasteiger partial charge in [0, 0.05) is 12.1 Å². The van der Waals surface area contributed by atoms with Gasteiger partial charge in [-0.05, 0) is 106 Å². The van der Waals surface area contributed by atoms with Crippen molar-refractivity contribution in [3.63, 3.8) is 0 Å². The summed E-state index contributed by atoms with van der Waals surface area (Å²) in [5.74, 6) is -7.00. The smallest absolute Gasteiger partial charge is 0.432 e. The number of unbranched alkanes of at least 4 members (excludes halogenated alkanes) is 1. The van der Waals surface area contributed by atoms with Crippen LogP contribution in [0.25, 0.3) is 0 Å². The normalized spacial score (nSPS) is 23.3. The highest BCUT2D eigenvalue weighted by Crippen LogP contribution is 2.43.